The summed E-state index contributed by atoms with van der Waals surface area (Å²) in [5.41, 5.74) is 0. The first-order valence-corrected chi connectivity index (χ1v) is 5.32. The lowest BCUT2D eigenvalue weighted by Gasteiger charge is -2.32. The van der Waals surface area contributed by atoms with Crippen molar-refractivity contribution < 1.29 is 9.84 Å². The molecule has 0 amide bonds. The van der Waals surface area contributed by atoms with Gasteiger partial charge in [-0.2, -0.15) is 4.98 Å². The molecule has 15 heavy (non-hydrogen) atoms. The van der Waals surface area contributed by atoms with Crippen molar-refractivity contribution in [3.8, 4) is 5.88 Å². The number of hydrogen-bond acceptors (Lipinski definition) is 4. The van der Waals surface area contributed by atoms with Crippen molar-refractivity contribution in [3.05, 3.63) is 18.2 Å². The van der Waals surface area contributed by atoms with E-state index >= 15 is 0 Å². The fourth-order valence-corrected chi connectivity index (χ4v) is 1.64. The molecule has 1 aliphatic rings. The predicted molar refractivity (Wildman–Crippen MR) is 58.1 cm³/mol. The van der Waals surface area contributed by atoms with Crippen LogP contribution in [0.2, 0.25) is 0 Å². The van der Waals surface area contributed by atoms with Gasteiger partial charge in [0, 0.05) is 12.1 Å². The second-order valence-corrected chi connectivity index (χ2v) is 3.76. The SMILES string of the molecule is CCOc1cccc(NC2CC(O)C2)n1. The van der Waals surface area contributed by atoms with Gasteiger partial charge in [0.25, 0.3) is 0 Å². The van der Waals surface area contributed by atoms with Crippen LogP contribution < -0.4 is 10.1 Å². The smallest absolute Gasteiger partial charge is 0.215 e. The lowest BCUT2D eigenvalue weighted by atomic mass is 9.89. The molecule has 82 valence electrons. The molecule has 1 aromatic rings. The van der Waals surface area contributed by atoms with Gasteiger partial charge in [-0.15, -0.1) is 0 Å². The molecule has 4 heteroatoms. The third kappa shape index (κ3) is 2.59. The van der Waals surface area contributed by atoms with Crippen molar-refractivity contribution in [1.82, 2.24) is 4.98 Å². The molecule has 0 atom stereocenters. The molecule has 1 fully saturated rings. The van der Waals surface area contributed by atoms with Gasteiger partial charge in [-0.25, -0.2) is 0 Å². The molecule has 0 saturated heterocycles. The van der Waals surface area contributed by atoms with Gasteiger partial charge in [0.05, 0.1) is 12.7 Å². The molecule has 0 spiro atoms. The van der Waals surface area contributed by atoms with Crippen molar-refractivity contribution in [3.63, 3.8) is 0 Å². The molecular formula is C11H16N2O2. The Hall–Kier alpha value is -1.29. The standard InChI is InChI=1S/C11H16N2O2/c1-2-15-11-5-3-4-10(13-11)12-8-6-9(14)7-8/h3-5,8-9,14H,2,6-7H2,1H3,(H,12,13). The molecule has 1 aliphatic carbocycles. The Balaban J connectivity index is 1.93. The highest BCUT2D eigenvalue weighted by Crippen LogP contribution is 2.23. The molecule has 2 rings (SSSR count). The van der Waals surface area contributed by atoms with Crippen LogP contribution in [0.1, 0.15) is 19.8 Å². The third-order valence-electron chi connectivity index (χ3n) is 2.48. The largest absolute Gasteiger partial charge is 0.478 e. The number of aliphatic hydroxyl groups is 1. The minimum Gasteiger partial charge on any atom is -0.478 e. The van der Waals surface area contributed by atoms with Crippen LogP contribution in [0.4, 0.5) is 5.82 Å². The van der Waals surface area contributed by atoms with E-state index in [1.165, 1.54) is 0 Å². The highest BCUT2D eigenvalue weighted by Gasteiger charge is 2.27. The highest BCUT2D eigenvalue weighted by molar-refractivity contribution is 5.38. The van der Waals surface area contributed by atoms with E-state index in [1.54, 1.807) is 0 Å². The monoisotopic (exact) mass is 208 g/mol. The summed E-state index contributed by atoms with van der Waals surface area (Å²) in [6.07, 6.45) is 1.47. The fraction of sp³-hybridized carbons (Fsp3) is 0.545. The molecule has 1 saturated carbocycles. The lowest BCUT2D eigenvalue weighted by molar-refractivity contribution is 0.0835. The minimum absolute atomic E-state index is 0.141. The zero-order valence-electron chi connectivity index (χ0n) is 8.81. The summed E-state index contributed by atoms with van der Waals surface area (Å²) in [6, 6.07) is 6.01. The summed E-state index contributed by atoms with van der Waals surface area (Å²) < 4.78 is 5.30. The van der Waals surface area contributed by atoms with E-state index in [1.807, 2.05) is 25.1 Å². The Morgan fingerprint density at radius 3 is 3.00 bits per heavy atom. The summed E-state index contributed by atoms with van der Waals surface area (Å²) >= 11 is 0. The molecule has 0 bridgehead atoms. The van der Waals surface area contributed by atoms with E-state index in [0.29, 0.717) is 18.5 Å². The van der Waals surface area contributed by atoms with Gasteiger partial charge in [-0.05, 0) is 25.8 Å². The molecular weight excluding hydrogens is 192 g/mol. The second kappa shape index (κ2) is 4.49. The van der Waals surface area contributed by atoms with Crippen LogP contribution >= 0.6 is 0 Å². The summed E-state index contributed by atoms with van der Waals surface area (Å²) in [4.78, 5) is 4.29. The van der Waals surface area contributed by atoms with Crippen molar-refractivity contribution in [2.75, 3.05) is 11.9 Å². The average Bonchev–Trinajstić information content (AvgIpc) is 2.17. The van der Waals surface area contributed by atoms with Crippen molar-refractivity contribution >= 4 is 5.82 Å². The quantitative estimate of drug-likeness (QED) is 0.785. The van der Waals surface area contributed by atoms with E-state index in [4.69, 9.17) is 9.84 Å². The molecule has 1 heterocycles. The van der Waals surface area contributed by atoms with Crippen LogP contribution in [0.3, 0.4) is 0 Å². The Morgan fingerprint density at radius 1 is 1.53 bits per heavy atom. The number of pyridine rings is 1. The van der Waals surface area contributed by atoms with Gasteiger partial charge < -0.3 is 15.2 Å². The number of anilines is 1. The Morgan fingerprint density at radius 2 is 2.33 bits per heavy atom. The van der Waals surface area contributed by atoms with Crippen molar-refractivity contribution in [1.29, 1.82) is 0 Å². The summed E-state index contributed by atoms with van der Waals surface area (Å²) in [5, 5.41) is 12.4. The molecule has 0 aliphatic heterocycles. The van der Waals surface area contributed by atoms with E-state index in [-0.39, 0.29) is 6.10 Å². The van der Waals surface area contributed by atoms with Crippen LogP contribution in [-0.4, -0.2) is 28.8 Å². The number of rotatable bonds is 4. The molecule has 2 N–H and O–H groups in total. The molecule has 0 aromatic carbocycles. The number of ether oxygens (including phenoxy) is 1. The van der Waals surface area contributed by atoms with E-state index in [0.717, 1.165) is 18.7 Å². The molecule has 1 aromatic heterocycles. The van der Waals surface area contributed by atoms with Gasteiger partial charge >= 0.3 is 0 Å². The van der Waals surface area contributed by atoms with Gasteiger partial charge in [-0.3, -0.25) is 0 Å². The maximum atomic E-state index is 9.15. The fourth-order valence-electron chi connectivity index (χ4n) is 1.64. The van der Waals surface area contributed by atoms with Crippen LogP contribution in [0.25, 0.3) is 0 Å². The lowest BCUT2D eigenvalue weighted by Crippen LogP contribution is -2.39. The van der Waals surface area contributed by atoms with Gasteiger partial charge in [0.15, 0.2) is 0 Å². The van der Waals surface area contributed by atoms with Gasteiger partial charge in [0.1, 0.15) is 5.82 Å². The van der Waals surface area contributed by atoms with Crippen LogP contribution in [0.5, 0.6) is 5.88 Å². The topological polar surface area (TPSA) is 54.4 Å². The minimum atomic E-state index is -0.141. The Bertz CT molecular complexity index is 324. The normalized spacial score (nSPS) is 24.4. The van der Waals surface area contributed by atoms with Crippen molar-refractivity contribution in [2.45, 2.75) is 31.9 Å². The first kappa shape index (κ1) is 10.2. The predicted octanol–water partition coefficient (Wildman–Crippen LogP) is 1.42. The highest BCUT2D eigenvalue weighted by atomic mass is 16.5. The average molecular weight is 208 g/mol. The Labute approximate surface area is 89.3 Å². The summed E-state index contributed by atoms with van der Waals surface area (Å²) in [5.74, 6) is 1.46. The van der Waals surface area contributed by atoms with Crippen LogP contribution in [-0.2, 0) is 0 Å². The number of nitrogens with zero attached hydrogens (tertiary/aromatic N) is 1. The van der Waals surface area contributed by atoms with Gasteiger partial charge in [0.2, 0.25) is 5.88 Å². The third-order valence-corrected chi connectivity index (χ3v) is 2.48. The maximum absolute atomic E-state index is 9.15. The van der Waals surface area contributed by atoms with Crippen LogP contribution in [0.15, 0.2) is 18.2 Å². The first-order chi connectivity index (χ1) is 7.28. The first-order valence-electron chi connectivity index (χ1n) is 5.32. The number of aliphatic hydroxyl groups excluding tert-OH is 1. The number of hydrogen-bond donors (Lipinski definition) is 2. The summed E-state index contributed by atoms with van der Waals surface area (Å²) in [6.45, 7) is 2.56. The van der Waals surface area contributed by atoms with Gasteiger partial charge in [-0.1, -0.05) is 6.07 Å². The molecule has 4 nitrogen and oxygen atoms in total. The Kier molecular flexibility index (Phi) is 3.06. The maximum Gasteiger partial charge on any atom is 0.215 e. The van der Waals surface area contributed by atoms with Crippen molar-refractivity contribution in [2.24, 2.45) is 0 Å². The van der Waals surface area contributed by atoms with E-state index in [9.17, 15) is 0 Å². The number of aromatic nitrogens is 1. The zero-order chi connectivity index (χ0) is 10.7. The second-order valence-electron chi connectivity index (χ2n) is 3.76. The summed E-state index contributed by atoms with van der Waals surface area (Å²) in [7, 11) is 0. The number of nitrogens with one attached hydrogen (secondary N) is 1. The zero-order valence-corrected chi connectivity index (χ0v) is 8.81. The van der Waals surface area contributed by atoms with E-state index in [2.05, 4.69) is 10.3 Å². The molecule has 0 radical (unpaired) electrons. The van der Waals surface area contributed by atoms with Crippen LogP contribution in [0, 0.1) is 0 Å². The molecule has 0 unspecified atom stereocenters. The van der Waals surface area contributed by atoms with E-state index < -0.39 is 0 Å².